The number of rotatable bonds is 8. The van der Waals surface area contributed by atoms with Crippen LogP contribution in [-0.4, -0.2) is 38.3 Å². The van der Waals surface area contributed by atoms with Gasteiger partial charge < -0.3 is 9.47 Å². The van der Waals surface area contributed by atoms with Crippen LogP contribution < -0.4 is 9.64 Å². The lowest BCUT2D eigenvalue weighted by atomic mass is 9.88. The summed E-state index contributed by atoms with van der Waals surface area (Å²) in [5, 5.41) is 2.81. The first-order chi connectivity index (χ1) is 13.2. The van der Waals surface area contributed by atoms with Gasteiger partial charge in [0.15, 0.2) is 5.13 Å². The SMILES string of the molecule is COCCCN(C(=O)C1CCCCC1)c1nc(-c2ccc(OC)cc2)cs1. The highest BCUT2D eigenvalue weighted by Crippen LogP contribution is 2.32. The summed E-state index contributed by atoms with van der Waals surface area (Å²) in [5.74, 6) is 1.18. The van der Waals surface area contributed by atoms with Crippen LogP contribution in [0.15, 0.2) is 29.6 Å². The minimum atomic E-state index is 0.134. The van der Waals surface area contributed by atoms with Crippen LogP contribution in [0.5, 0.6) is 5.75 Å². The van der Waals surface area contributed by atoms with Crippen molar-refractivity contribution in [1.82, 2.24) is 4.98 Å². The Morgan fingerprint density at radius 3 is 2.59 bits per heavy atom. The van der Waals surface area contributed by atoms with E-state index >= 15 is 0 Å². The van der Waals surface area contributed by atoms with Gasteiger partial charge in [-0.15, -0.1) is 11.3 Å². The van der Waals surface area contributed by atoms with Gasteiger partial charge in [0.25, 0.3) is 0 Å². The van der Waals surface area contributed by atoms with E-state index in [0.717, 1.165) is 54.2 Å². The summed E-state index contributed by atoms with van der Waals surface area (Å²) < 4.78 is 10.4. The van der Waals surface area contributed by atoms with E-state index in [-0.39, 0.29) is 11.8 Å². The molecular formula is C21H28N2O3S. The summed E-state index contributed by atoms with van der Waals surface area (Å²) in [4.78, 5) is 19.8. The van der Waals surface area contributed by atoms with Crippen LogP contribution in [-0.2, 0) is 9.53 Å². The molecule has 27 heavy (non-hydrogen) atoms. The van der Waals surface area contributed by atoms with Crippen molar-refractivity contribution in [3.63, 3.8) is 0 Å². The van der Waals surface area contributed by atoms with Gasteiger partial charge in [0.05, 0.1) is 12.8 Å². The Bertz CT molecular complexity index is 723. The fourth-order valence-electron chi connectivity index (χ4n) is 3.52. The van der Waals surface area contributed by atoms with Crippen molar-refractivity contribution in [3.05, 3.63) is 29.6 Å². The first kappa shape index (κ1) is 19.8. The van der Waals surface area contributed by atoms with Gasteiger partial charge in [0, 0.05) is 37.1 Å². The van der Waals surface area contributed by atoms with Gasteiger partial charge in [0.1, 0.15) is 5.75 Å². The predicted molar refractivity (Wildman–Crippen MR) is 110 cm³/mol. The van der Waals surface area contributed by atoms with Crippen molar-refractivity contribution in [2.24, 2.45) is 5.92 Å². The molecule has 1 aliphatic carbocycles. The molecule has 1 heterocycles. The third kappa shape index (κ3) is 5.08. The van der Waals surface area contributed by atoms with Crippen LogP contribution in [0.1, 0.15) is 38.5 Å². The third-order valence-electron chi connectivity index (χ3n) is 5.06. The number of carbonyl (C=O) groups excluding carboxylic acids is 1. The van der Waals surface area contributed by atoms with Crippen molar-refractivity contribution in [1.29, 1.82) is 0 Å². The fourth-order valence-corrected chi connectivity index (χ4v) is 4.39. The highest BCUT2D eigenvalue weighted by molar-refractivity contribution is 7.14. The second-order valence-corrected chi connectivity index (χ2v) is 7.75. The van der Waals surface area contributed by atoms with E-state index < -0.39 is 0 Å². The number of hydrogen-bond acceptors (Lipinski definition) is 5. The molecule has 2 aromatic rings. The maximum atomic E-state index is 13.2. The summed E-state index contributed by atoms with van der Waals surface area (Å²) in [6, 6.07) is 7.85. The molecule has 146 valence electrons. The molecule has 0 bridgehead atoms. The molecule has 1 aliphatic rings. The summed E-state index contributed by atoms with van der Waals surface area (Å²) >= 11 is 1.53. The summed E-state index contributed by atoms with van der Waals surface area (Å²) in [5.41, 5.74) is 1.92. The average molecular weight is 389 g/mol. The monoisotopic (exact) mass is 388 g/mol. The maximum absolute atomic E-state index is 13.2. The van der Waals surface area contributed by atoms with E-state index in [1.807, 2.05) is 34.5 Å². The lowest BCUT2D eigenvalue weighted by Gasteiger charge is -2.27. The first-order valence-corrected chi connectivity index (χ1v) is 10.5. The minimum absolute atomic E-state index is 0.134. The molecular weight excluding hydrogens is 360 g/mol. The molecule has 3 rings (SSSR count). The molecule has 0 saturated heterocycles. The Hall–Kier alpha value is -1.92. The number of methoxy groups -OCH3 is 2. The zero-order chi connectivity index (χ0) is 19.1. The van der Waals surface area contributed by atoms with Crippen LogP contribution in [0.4, 0.5) is 5.13 Å². The number of benzene rings is 1. The third-order valence-corrected chi connectivity index (χ3v) is 5.92. The first-order valence-electron chi connectivity index (χ1n) is 9.63. The summed E-state index contributed by atoms with van der Waals surface area (Å²) in [6.07, 6.45) is 6.35. The van der Waals surface area contributed by atoms with Crippen LogP contribution in [0.3, 0.4) is 0 Å². The fraction of sp³-hybridized carbons (Fsp3) is 0.524. The topological polar surface area (TPSA) is 51.7 Å². The van der Waals surface area contributed by atoms with Crippen molar-refractivity contribution >= 4 is 22.4 Å². The zero-order valence-corrected chi connectivity index (χ0v) is 17.0. The number of ether oxygens (including phenoxy) is 2. The lowest BCUT2D eigenvalue weighted by molar-refractivity contribution is -0.123. The average Bonchev–Trinajstić information content (AvgIpc) is 3.21. The maximum Gasteiger partial charge on any atom is 0.231 e. The highest BCUT2D eigenvalue weighted by atomic mass is 32.1. The molecule has 0 unspecified atom stereocenters. The zero-order valence-electron chi connectivity index (χ0n) is 16.1. The number of anilines is 1. The van der Waals surface area contributed by atoms with Crippen molar-refractivity contribution in [2.45, 2.75) is 38.5 Å². The molecule has 1 aromatic heterocycles. The minimum Gasteiger partial charge on any atom is -0.497 e. The molecule has 0 aliphatic heterocycles. The highest BCUT2D eigenvalue weighted by Gasteiger charge is 2.28. The Balaban J connectivity index is 1.78. The van der Waals surface area contributed by atoms with Gasteiger partial charge in [-0.2, -0.15) is 0 Å². The Kier molecular flexibility index (Phi) is 7.24. The Morgan fingerprint density at radius 1 is 1.19 bits per heavy atom. The summed E-state index contributed by atoms with van der Waals surface area (Å²) in [6.45, 7) is 1.30. The molecule has 0 atom stereocenters. The normalized spacial score (nSPS) is 14.9. The van der Waals surface area contributed by atoms with E-state index in [1.165, 1.54) is 17.8 Å². The standard InChI is InChI=1S/C21H28N2O3S/c1-25-14-6-13-23(20(24)17-7-4-3-5-8-17)21-22-19(15-27-21)16-9-11-18(26-2)12-10-16/h9-12,15,17H,3-8,13-14H2,1-2H3. The van der Waals surface area contributed by atoms with Crippen molar-refractivity contribution in [2.75, 3.05) is 32.3 Å². The van der Waals surface area contributed by atoms with Crippen LogP contribution >= 0.6 is 11.3 Å². The molecule has 1 fully saturated rings. The van der Waals surface area contributed by atoms with Crippen LogP contribution in [0.2, 0.25) is 0 Å². The summed E-state index contributed by atoms with van der Waals surface area (Å²) in [7, 11) is 3.35. The van der Waals surface area contributed by atoms with E-state index in [2.05, 4.69) is 0 Å². The van der Waals surface area contributed by atoms with Gasteiger partial charge in [-0.05, 0) is 43.5 Å². The predicted octanol–water partition coefficient (Wildman–Crippen LogP) is 4.77. The van der Waals surface area contributed by atoms with Crippen molar-refractivity contribution in [3.8, 4) is 17.0 Å². The quantitative estimate of drug-likeness (QED) is 0.611. The molecule has 0 radical (unpaired) electrons. The molecule has 0 spiro atoms. The Morgan fingerprint density at radius 2 is 1.93 bits per heavy atom. The smallest absolute Gasteiger partial charge is 0.231 e. The van der Waals surface area contributed by atoms with E-state index in [4.69, 9.17) is 14.5 Å². The van der Waals surface area contributed by atoms with Crippen LogP contribution in [0, 0.1) is 5.92 Å². The molecule has 1 amide bonds. The second-order valence-electron chi connectivity index (χ2n) is 6.91. The Labute approximate surface area is 165 Å². The number of hydrogen-bond donors (Lipinski definition) is 0. The molecule has 6 heteroatoms. The lowest BCUT2D eigenvalue weighted by Crippen LogP contribution is -2.38. The number of thiazole rings is 1. The molecule has 1 saturated carbocycles. The second kappa shape index (κ2) is 9.85. The number of carbonyl (C=O) groups is 1. The number of nitrogens with zero attached hydrogens (tertiary/aromatic N) is 2. The van der Waals surface area contributed by atoms with Crippen molar-refractivity contribution < 1.29 is 14.3 Å². The number of aromatic nitrogens is 1. The van der Waals surface area contributed by atoms with Gasteiger partial charge in [0.2, 0.25) is 5.91 Å². The molecule has 5 nitrogen and oxygen atoms in total. The van der Waals surface area contributed by atoms with Gasteiger partial charge >= 0.3 is 0 Å². The van der Waals surface area contributed by atoms with Gasteiger partial charge in [-0.25, -0.2) is 4.98 Å². The number of amides is 1. The van der Waals surface area contributed by atoms with E-state index in [0.29, 0.717) is 13.2 Å². The van der Waals surface area contributed by atoms with E-state index in [9.17, 15) is 4.79 Å². The largest absolute Gasteiger partial charge is 0.497 e. The van der Waals surface area contributed by atoms with Crippen LogP contribution in [0.25, 0.3) is 11.3 Å². The van der Waals surface area contributed by atoms with Gasteiger partial charge in [-0.1, -0.05) is 19.3 Å². The molecule has 1 aromatic carbocycles. The van der Waals surface area contributed by atoms with E-state index in [1.54, 1.807) is 14.2 Å². The van der Waals surface area contributed by atoms with Gasteiger partial charge in [-0.3, -0.25) is 9.69 Å². The molecule has 0 N–H and O–H groups in total.